The molecular weight excluding hydrogens is 688 g/mol. The number of carbonyl (C=O) groups excluding carboxylic acids is 4. The summed E-state index contributed by atoms with van der Waals surface area (Å²) < 4.78 is 0. The van der Waals surface area contributed by atoms with Crippen molar-refractivity contribution in [1.29, 1.82) is 0 Å². The molecule has 0 bridgehead atoms. The summed E-state index contributed by atoms with van der Waals surface area (Å²) in [6.07, 6.45) is 4.19. The van der Waals surface area contributed by atoms with Crippen LogP contribution in [0.4, 0.5) is 4.79 Å². The Balaban J connectivity index is 1.48. The Labute approximate surface area is 318 Å². The van der Waals surface area contributed by atoms with Gasteiger partial charge in [-0.2, -0.15) is 0 Å². The number of likely N-dealkylation sites (tertiary alicyclic amines) is 1. The van der Waals surface area contributed by atoms with Crippen LogP contribution in [0.15, 0.2) is 60.7 Å². The molecule has 1 saturated heterocycles. The second-order valence-corrected chi connectivity index (χ2v) is 15.6. The van der Waals surface area contributed by atoms with Gasteiger partial charge in [0.05, 0.1) is 6.04 Å². The van der Waals surface area contributed by atoms with E-state index < -0.39 is 53.5 Å². The number of nitrogens with zero attached hydrogens (tertiary/aromatic N) is 2. The van der Waals surface area contributed by atoms with E-state index in [0.717, 1.165) is 11.1 Å². The number of benzene rings is 2. The average Bonchev–Trinajstić information content (AvgIpc) is 3.14. The molecule has 1 heterocycles. The van der Waals surface area contributed by atoms with Gasteiger partial charge in [-0.1, -0.05) is 74.5 Å². The predicted molar refractivity (Wildman–Crippen MR) is 207 cm³/mol. The van der Waals surface area contributed by atoms with Crippen LogP contribution in [0.2, 0.25) is 0 Å². The second kappa shape index (κ2) is 19.2. The standard InChI is InChI=1S/C40H60N8O6/c1-27(2)22-31(34(49)44-30(16-10-11-19-41)36(51)48-20-17-39(18-21-48)25-40(43,26-39)37(52)53)45-35(50)32(23-28-12-6-4-7-13-28)46-38(54)47(3)33(24-42)29-14-8-5-9-15-29/h4-9,12-15,27,30-33H,10-11,16-26,41-43H2,1-3H3,(H,44,49)(H,45,50)(H,46,54)(H,52,53)/t30-,31-,32-,33-/m1/s1. The first-order chi connectivity index (χ1) is 25.7. The molecule has 1 aliphatic heterocycles. The van der Waals surface area contributed by atoms with Crippen molar-refractivity contribution in [1.82, 2.24) is 25.8 Å². The zero-order valence-corrected chi connectivity index (χ0v) is 32.0. The van der Waals surface area contributed by atoms with E-state index in [9.17, 15) is 29.1 Å². The first kappa shape index (κ1) is 42.2. The molecule has 54 heavy (non-hydrogen) atoms. The average molecular weight is 749 g/mol. The lowest BCUT2D eigenvalue weighted by molar-refractivity contribution is -0.158. The van der Waals surface area contributed by atoms with Gasteiger partial charge in [-0.25, -0.2) is 4.79 Å². The Morgan fingerprint density at radius 3 is 1.96 bits per heavy atom. The predicted octanol–water partition coefficient (Wildman–Crippen LogP) is 2.27. The molecular formula is C40H60N8O6. The van der Waals surface area contributed by atoms with Crippen molar-refractivity contribution in [3.8, 4) is 0 Å². The van der Waals surface area contributed by atoms with Crippen molar-refractivity contribution in [2.75, 3.05) is 33.2 Å². The number of likely N-dealkylation sites (N-methyl/N-ethyl adjacent to an activating group) is 1. The molecule has 0 aromatic heterocycles. The Morgan fingerprint density at radius 2 is 1.41 bits per heavy atom. The molecule has 4 rings (SSSR count). The van der Waals surface area contributed by atoms with Gasteiger partial charge in [0.25, 0.3) is 0 Å². The van der Waals surface area contributed by atoms with Crippen LogP contribution < -0.4 is 33.2 Å². The maximum atomic E-state index is 14.1. The molecule has 5 amide bonds. The van der Waals surface area contributed by atoms with Crippen LogP contribution in [0.3, 0.4) is 0 Å². The Bertz CT molecular complexity index is 1560. The van der Waals surface area contributed by atoms with Crippen LogP contribution >= 0.6 is 0 Å². The van der Waals surface area contributed by atoms with E-state index in [0.29, 0.717) is 71.0 Å². The molecule has 2 aliphatic rings. The van der Waals surface area contributed by atoms with Crippen molar-refractivity contribution in [2.45, 2.75) is 101 Å². The largest absolute Gasteiger partial charge is 0.480 e. The summed E-state index contributed by atoms with van der Waals surface area (Å²) in [5.41, 5.74) is 18.2. The number of carboxylic acids is 1. The highest BCUT2D eigenvalue weighted by Crippen LogP contribution is 2.53. The summed E-state index contributed by atoms with van der Waals surface area (Å²) in [7, 11) is 1.63. The number of hydrogen-bond acceptors (Lipinski definition) is 8. The first-order valence-electron chi connectivity index (χ1n) is 19.1. The summed E-state index contributed by atoms with van der Waals surface area (Å²) in [6.45, 7) is 5.37. The molecule has 1 aliphatic carbocycles. The number of carbonyl (C=O) groups is 5. The third-order valence-corrected chi connectivity index (χ3v) is 10.9. The van der Waals surface area contributed by atoms with Crippen LogP contribution in [0.1, 0.15) is 82.4 Å². The lowest BCUT2D eigenvalue weighted by atomic mass is 9.54. The Kier molecular flexibility index (Phi) is 15.0. The number of nitrogens with one attached hydrogen (secondary N) is 3. The maximum Gasteiger partial charge on any atom is 0.323 e. The van der Waals surface area contributed by atoms with Gasteiger partial charge in [-0.3, -0.25) is 19.2 Å². The molecule has 2 fully saturated rings. The number of rotatable bonds is 18. The van der Waals surface area contributed by atoms with Crippen LogP contribution in [-0.2, 0) is 25.6 Å². The van der Waals surface area contributed by atoms with Gasteiger partial charge in [-0.05, 0) is 80.4 Å². The van der Waals surface area contributed by atoms with E-state index in [1.807, 2.05) is 74.5 Å². The van der Waals surface area contributed by atoms with Gasteiger partial charge in [0.2, 0.25) is 17.7 Å². The summed E-state index contributed by atoms with van der Waals surface area (Å²) in [4.78, 5) is 70.5. The molecule has 2 aromatic rings. The molecule has 4 atom stereocenters. The molecule has 0 radical (unpaired) electrons. The van der Waals surface area contributed by atoms with Crippen LogP contribution in [0, 0.1) is 11.3 Å². The second-order valence-electron chi connectivity index (χ2n) is 15.6. The monoisotopic (exact) mass is 748 g/mol. The summed E-state index contributed by atoms with van der Waals surface area (Å²) in [6, 6.07) is 14.9. The number of unbranched alkanes of at least 4 members (excludes halogenated alkanes) is 1. The Hall–Kier alpha value is -4.53. The number of hydrogen-bond donors (Lipinski definition) is 7. The van der Waals surface area contributed by atoms with Gasteiger partial charge in [-0.15, -0.1) is 0 Å². The van der Waals surface area contributed by atoms with E-state index in [1.54, 1.807) is 11.9 Å². The number of aliphatic carboxylic acids is 1. The number of nitrogens with two attached hydrogens (primary N) is 3. The number of amides is 5. The molecule has 1 spiro atoms. The van der Waals surface area contributed by atoms with E-state index in [2.05, 4.69) is 16.0 Å². The molecule has 14 heteroatoms. The van der Waals surface area contributed by atoms with Crippen molar-refractivity contribution in [3.63, 3.8) is 0 Å². The minimum absolute atomic E-state index is 0.0122. The van der Waals surface area contributed by atoms with Crippen molar-refractivity contribution >= 4 is 29.7 Å². The van der Waals surface area contributed by atoms with Crippen molar-refractivity contribution in [2.24, 2.45) is 28.5 Å². The van der Waals surface area contributed by atoms with Gasteiger partial charge < -0.3 is 48.1 Å². The molecule has 10 N–H and O–H groups in total. The summed E-state index contributed by atoms with van der Waals surface area (Å²) in [5, 5.41) is 18.2. The number of urea groups is 1. The molecule has 14 nitrogen and oxygen atoms in total. The van der Waals surface area contributed by atoms with E-state index in [1.165, 1.54) is 4.90 Å². The topological polar surface area (TPSA) is 226 Å². The highest BCUT2D eigenvalue weighted by molar-refractivity contribution is 5.94. The van der Waals surface area contributed by atoms with E-state index >= 15 is 0 Å². The third kappa shape index (κ3) is 11.0. The quantitative estimate of drug-likeness (QED) is 0.111. The minimum atomic E-state index is -1.21. The minimum Gasteiger partial charge on any atom is -0.480 e. The molecule has 2 aromatic carbocycles. The van der Waals surface area contributed by atoms with Crippen molar-refractivity contribution in [3.05, 3.63) is 71.8 Å². The number of carboxylic acid groups (broad SMARTS) is 1. The SMILES string of the molecule is CC(C)C[C@@H](NC(=O)[C@@H](Cc1ccccc1)NC(=O)N(C)[C@H](CN)c1ccccc1)C(=O)N[C@H](CCCCN)C(=O)N1CCC2(CC1)CC(N)(C(=O)O)C2. The van der Waals surface area contributed by atoms with Gasteiger partial charge >= 0.3 is 12.0 Å². The van der Waals surface area contributed by atoms with Gasteiger partial charge in [0.15, 0.2) is 0 Å². The van der Waals surface area contributed by atoms with Gasteiger partial charge in [0, 0.05) is 33.1 Å². The highest BCUT2D eigenvalue weighted by atomic mass is 16.4. The maximum absolute atomic E-state index is 14.1. The van der Waals surface area contributed by atoms with E-state index in [-0.39, 0.29) is 30.2 Å². The normalized spacial score (nSPS) is 18.1. The fraction of sp³-hybridized carbons (Fsp3) is 0.575. The lowest BCUT2D eigenvalue weighted by Gasteiger charge is -2.55. The fourth-order valence-corrected chi connectivity index (χ4v) is 7.86. The zero-order chi connectivity index (χ0) is 39.5. The van der Waals surface area contributed by atoms with E-state index in [4.69, 9.17) is 17.2 Å². The van der Waals surface area contributed by atoms with Crippen molar-refractivity contribution < 1.29 is 29.1 Å². The van der Waals surface area contributed by atoms with Crippen LogP contribution in [0.25, 0.3) is 0 Å². The third-order valence-electron chi connectivity index (χ3n) is 10.9. The molecule has 0 unspecified atom stereocenters. The summed E-state index contributed by atoms with van der Waals surface area (Å²) in [5.74, 6) is -2.22. The zero-order valence-electron chi connectivity index (χ0n) is 32.0. The first-order valence-corrected chi connectivity index (χ1v) is 19.1. The molecule has 296 valence electrons. The Morgan fingerprint density at radius 1 is 0.833 bits per heavy atom. The number of piperidine rings is 1. The fourth-order valence-electron chi connectivity index (χ4n) is 7.86. The highest BCUT2D eigenvalue weighted by Gasteiger charge is 2.57. The smallest absolute Gasteiger partial charge is 0.323 e. The molecule has 1 saturated carbocycles. The van der Waals surface area contributed by atoms with Gasteiger partial charge in [0.1, 0.15) is 23.7 Å². The lowest BCUT2D eigenvalue weighted by Crippen LogP contribution is -2.65. The van der Waals surface area contributed by atoms with Crippen LogP contribution in [-0.4, -0.2) is 102 Å². The van der Waals surface area contributed by atoms with Crippen LogP contribution in [0.5, 0.6) is 0 Å². The summed E-state index contributed by atoms with van der Waals surface area (Å²) >= 11 is 0.